The summed E-state index contributed by atoms with van der Waals surface area (Å²) in [5.41, 5.74) is 0. The second-order valence-electron chi connectivity index (χ2n) is 4.30. The molecule has 0 aromatic heterocycles. The van der Waals surface area contributed by atoms with Crippen molar-refractivity contribution in [1.29, 1.82) is 0 Å². The average Bonchev–Trinajstić information content (AvgIpc) is 2.31. The Kier molecular flexibility index (Phi) is 10.7. The van der Waals surface area contributed by atoms with Crippen LogP contribution in [0.1, 0.15) is 52.4 Å². The molecule has 2 nitrogen and oxygen atoms in total. The van der Waals surface area contributed by atoms with Crippen LogP contribution < -0.4 is 0 Å². The summed E-state index contributed by atoms with van der Waals surface area (Å²) in [6, 6.07) is 0. The third kappa shape index (κ3) is 9.45. The highest BCUT2D eigenvalue weighted by Crippen LogP contribution is 2.20. The molecule has 0 fully saturated rings. The van der Waals surface area contributed by atoms with Crippen LogP contribution in [0.25, 0.3) is 0 Å². The highest BCUT2D eigenvalue weighted by molar-refractivity contribution is 8.00. The third-order valence-corrected chi connectivity index (χ3v) is 3.95. The number of thioether (sulfide) groups is 1. The van der Waals surface area contributed by atoms with Crippen LogP contribution in [0.15, 0.2) is 0 Å². The van der Waals surface area contributed by atoms with E-state index >= 15 is 0 Å². The molecule has 0 saturated heterocycles. The van der Waals surface area contributed by atoms with Gasteiger partial charge < -0.3 is 4.74 Å². The lowest BCUT2D eigenvalue weighted by atomic mass is 10.2. The van der Waals surface area contributed by atoms with E-state index in [1.165, 1.54) is 7.11 Å². The third-order valence-electron chi connectivity index (χ3n) is 2.60. The molecule has 0 aromatic rings. The second kappa shape index (κ2) is 10.9. The number of ether oxygens (including phenoxy) is 1. The van der Waals surface area contributed by atoms with Crippen LogP contribution in [0.2, 0.25) is 0 Å². The Bertz CT molecular complexity index is 198. The van der Waals surface area contributed by atoms with Crippen LogP contribution in [0, 0.1) is 0 Å². The highest BCUT2D eigenvalue weighted by atomic mass is 32.2. The van der Waals surface area contributed by atoms with Gasteiger partial charge in [-0.15, -0.1) is 11.8 Å². The van der Waals surface area contributed by atoms with Crippen molar-refractivity contribution in [2.75, 3.05) is 12.9 Å². The van der Waals surface area contributed by atoms with E-state index in [1.807, 2.05) is 0 Å². The van der Waals surface area contributed by atoms with Gasteiger partial charge in [0.25, 0.3) is 0 Å². The van der Waals surface area contributed by atoms with Gasteiger partial charge in [-0.05, 0) is 38.4 Å². The molecule has 0 heterocycles. The fourth-order valence-corrected chi connectivity index (χ4v) is 2.76. The van der Waals surface area contributed by atoms with E-state index in [0.29, 0.717) is 6.42 Å². The summed E-state index contributed by atoms with van der Waals surface area (Å²) in [5, 5.41) is -0.0391. The zero-order chi connectivity index (χ0) is 13.1. The van der Waals surface area contributed by atoms with Crippen LogP contribution in [0.5, 0.6) is 0 Å². The summed E-state index contributed by atoms with van der Waals surface area (Å²) in [6.45, 7) is 3.70. The van der Waals surface area contributed by atoms with Crippen molar-refractivity contribution in [3.63, 3.8) is 0 Å². The summed E-state index contributed by atoms with van der Waals surface area (Å²) in [6.07, 6.45) is 4.80. The van der Waals surface area contributed by atoms with Gasteiger partial charge in [0.1, 0.15) is 5.25 Å². The zero-order valence-electron chi connectivity index (χ0n) is 11.2. The number of carbonyl (C=O) groups is 1. The van der Waals surface area contributed by atoms with Gasteiger partial charge in [-0.25, -0.2) is 4.39 Å². The molecule has 4 heteroatoms. The molecule has 0 radical (unpaired) electrons. The van der Waals surface area contributed by atoms with Gasteiger partial charge in [-0.1, -0.05) is 19.8 Å². The second-order valence-corrected chi connectivity index (χ2v) is 5.61. The molecule has 0 N–H and O–H groups in total. The van der Waals surface area contributed by atoms with E-state index in [9.17, 15) is 9.18 Å². The molecule has 0 aliphatic carbocycles. The van der Waals surface area contributed by atoms with Crippen LogP contribution in [0.4, 0.5) is 4.39 Å². The number of halogens is 1. The number of carbonyl (C=O) groups excluding carboxylic acids is 1. The fourth-order valence-electron chi connectivity index (χ4n) is 1.54. The first kappa shape index (κ1) is 16.8. The maximum atomic E-state index is 12.6. The van der Waals surface area contributed by atoms with Crippen LogP contribution in [0.3, 0.4) is 0 Å². The smallest absolute Gasteiger partial charge is 0.318 e. The van der Waals surface area contributed by atoms with E-state index in [-0.39, 0.29) is 11.2 Å². The summed E-state index contributed by atoms with van der Waals surface area (Å²) < 4.78 is 17.3. The summed E-state index contributed by atoms with van der Waals surface area (Å²) in [7, 11) is 1.44. The minimum atomic E-state index is -0.712. The van der Waals surface area contributed by atoms with Crippen molar-refractivity contribution in [3.8, 4) is 0 Å². The summed E-state index contributed by atoms with van der Waals surface area (Å²) in [4.78, 5) is 11.5. The predicted octanol–water partition coefficient (Wildman–Crippen LogP) is 3.98. The predicted molar refractivity (Wildman–Crippen MR) is 72.2 cm³/mol. The van der Waals surface area contributed by atoms with Gasteiger partial charge in [0.2, 0.25) is 0 Å². The van der Waals surface area contributed by atoms with Gasteiger partial charge in [-0.3, -0.25) is 4.79 Å². The van der Waals surface area contributed by atoms with Crippen molar-refractivity contribution in [2.45, 2.75) is 63.8 Å². The number of methoxy groups -OCH3 is 1. The van der Waals surface area contributed by atoms with E-state index in [4.69, 9.17) is 4.74 Å². The van der Waals surface area contributed by atoms with Crippen molar-refractivity contribution < 1.29 is 13.9 Å². The number of alkyl halides is 1. The number of rotatable bonds is 10. The molecule has 0 bridgehead atoms. The normalized spacial score (nSPS) is 14.4. The van der Waals surface area contributed by atoms with Gasteiger partial charge in [0.15, 0.2) is 0 Å². The molecule has 0 rings (SSSR count). The lowest BCUT2D eigenvalue weighted by Crippen LogP contribution is -2.19. The highest BCUT2D eigenvalue weighted by Gasteiger charge is 2.18. The first-order valence-corrected chi connectivity index (χ1v) is 7.50. The molecule has 0 aliphatic heterocycles. The Morgan fingerprint density at radius 2 is 2.00 bits per heavy atom. The Morgan fingerprint density at radius 1 is 1.29 bits per heavy atom. The van der Waals surface area contributed by atoms with Crippen LogP contribution in [-0.2, 0) is 9.53 Å². The maximum absolute atomic E-state index is 12.6. The van der Waals surface area contributed by atoms with Gasteiger partial charge in [0, 0.05) is 0 Å². The molecule has 0 saturated carbocycles. The molecule has 0 spiro atoms. The van der Waals surface area contributed by atoms with E-state index < -0.39 is 6.17 Å². The van der Waals surface area contributed by atoms with Crippen molar-refractivity contribution >= 4 is 17.7 Å². The maximum Gasteiger partial charge on any atom is 0.318 e. The number of hydrogen-bond donors (Lipinski definition) is 0. The van der Waals surface area contributed by atoms with Crippen LogP contribution >= 0.6 is 11.8 Å². The standard InChI is InChI=1S/C13H25FO2S/c1-4-5-9-12(13(15)16-3)17-10-7-6-8-11(2)14/h11-12H,4-10H2,1-3H3. The quantitative estimate of drug-likeness (QED) is 0.441. The number of esters is 1. The topological polar surface area (TPSA) is 26.3 Å². The molecule has 2 unspecified atom stereocenters. The minimum absolute atomic E-state index is 0.0391. The van der Waals surface area contributed by atoms with Gasteiger partial charge >= 0.3 is 5.97 Å². The monoisotopic (exact) mass is 264 g/mol. The number of unbranched alkanes of at least 4 members (excludes halogenated alkanes) is 2. The first-order valence-electron chi connectivity index (χ1n) is 6.45. The first-order chi connectivity index (χ1) is 8.11. The Labute approximate surface area is 109 Å². The molecule has 17 heavy (non-hydrogen) atoms. The fraction of sp³-hybridized carbons (Fsp3) is 0.923. The Hall–Kier alpha value is -0.250. The van der Waals surface area contributed by atoms with E-state index in [2.05, 4.69) is 6.92 Å². The molecule has 0 aliphatic rings. The molecular weight excluding hydrogens is 239 g/mol. The number of hydrogen-bond acceptors (Lipinski definition) is 3. The summed E-state index contributed by atoms with van der Waals surface area (Å²) >= 11 is 1.65. The van der Waals surface area contributed by atoms with Crippen molar-refractivity contribution in [3.05, 3.63) is 0 Å². The Morgan fingerprint density at radius 3 is 2.53 bits per heavy atom. The van der Waals surface area contributed by atoms with Crippen molar-refractivity contribution in [1.82, 2.24) is 0 Å². The van der Waals surface area contributed by atoms with Gasteiger partial charge in [0.05, 0.1) is 13.3 Å². The van der Waals surface area contributed by atoms with Crippen LogP contribution in [-0.4, -0.2) is 30.3 Å². The van der Waals surface area contributed by atoms with E-state index in [1.54, 1.807) is 18.7 Å². The van der Waals surface area contributed by atoms with Crippen molar-refractivity contribution in [2.24, 2.45) is 0 Å². The zero-order valence-corrected chi connectivity index (χ0v) is 12.0. The van der Waals surface area contributed by atoms with Gasteiger partial charge in [-0.2, -0.15) is 0 Å². The largest absolute Gasteiger partial charge is 0.468 e. The SMILES string of the molecule is CCCCC(SCCCCC(C)F)C(=O)OC. The molecule has 0 amide bonds. The Balaban J connectivity index is 3.71. The average molecular weight is 264 g/mol. The molecular formula is C13H25FO2S. The minimum Gasteiger partial charge on any atom is -0.468 e. The molecule has 0 aromatic carbocycles. The lowest BCUT2D eigenvalue weighted by molar-refractivity contribution is -0.140. The lowest BCUT2D eigenvalue weighted by Gasteiger charge is -2.13. The molecule has 2 atom stereocenters. The summed E-state index contributed by atoms with van der Waals surface area (Å²) in [5.74, 6) is 0.790. The molecule has 102 valence electrons. The van der Waals surface area contributed by atoms with E-state index in [0.717, 1.165) is 37.9 Å².